The van der Waals surface area contributed by atoms with Crippen LogP contribution in [-0.4, -0.2) is 52.7 Å². The SMILES string of the molecule is Cc1cc(N2CCN(C)CC2)n2nc(-c3cccc(Cl)c3)c(C)c2n1. The Morgan fingerprint density at radius 3 is 2.52 bits per heavy atom. The Morgan fingerprint density at radius 1 is 1.04 bits per heavy atom. The molecule has 2 aromatic heterocycles. The van der Waals surface area contributed by atoms with Crippen molar-refractivity contribution in [3.8, 4) is 11.3 Å². The fourth-order valence-electron chi connectivity index (χ4n) is 3.40. The molecule has 0 saturated carbocycles. The Hall–Kier alpha value is -2.11. The second-order valence-corrected chi connectivity index (χ2v) is 7.20. The van der Waals surface area contributed by atoms with Crippen LogP contribution in [0.15, 0.2) is 30.3 Å². The van der Waals surface area contributed by atoms with Gasteiger partial charge in [0.1, 0.15) is 5.82 Å². The lowest BCUT2D eigenvalue weighted by Gasteiger charge is -2.34. The number of piperazine rings is 1. The van der Waals surface area contributed by atoms with Crippen LogP contribution in [0, 0.1) is 13.8 Å². The fraction of sp³-hybridized carbons (Fsp3) is 0.368. The molecule has 3 heterocycles. The maximum atomic E-state index is 6.17. The monoisotopic (exact) mass is 355 g/mol. The molecule has 6 heteroatoms. The van der Waals surface area contributed by atoms with Crippen molar-refractivity contribution in [2.24, 2.45) is 0 Å². The van der Waals surface area contributed by atoms with Gasteiger partial charge >= 0.3 is 0 Å². The first-order valence-electron chi connectivity index (χ1n) is 8.59. The van der Waals surface area contributed by atoms with Gasteiger partial charge in [-0.2, -0.15) is 9.61 Å². The van der Waals surface area contributed by atoms with Crippen molar-refractivity contribution < 1.29 is 0 Å². The van der Waals surface area contributed by atoms with Gasteiger partial charge in [0.15, 0.2) is 5.65 Å². The maximum absolute atomic E-state index is 6.17. The van der Waals surface area contributed by atoms with Crippen LogP contribution < -0.4 is 4.90 Å². The molecule has 0 spiro atoms. The molecule has 4 rings (SSSR count). The maximum Gasteiger partial charge on any atom is 0.161 e. The van der Waals surface area contributed by atoms with Crippen molar-refractivity contribution in [1.29, 1.82) is 0 Å². The minimum Gasteiger partial charge on any atom is -0.354 e. The smallest absolute Gasteiger partial charge is 0.161 e. The third kappa shape index (κ3) is 2.98. The molecule has 3 aromatic rings. The summed E-state index contributed by atoms with van der Waals surface area (Å²) >= 11 is 6.17. The highest BCUT2D eigenvalue weighted by Gasteiger charge is 2.21. The van der Waals surface area contributed by atoms with Crippen molar-refractivity contribution in [3.63, 3.8) is 0 Å². The third-order valence-electron chi connectivity index (χ3n) is 4.85. The number of anilines is 1. The van der Waals surface area contributed by atoms with Crippen molar-refractivity contribution in [3.05, 3.63) is 46.6 Å². The normalized spacial score (nSPS) is 15.9. The Balaban J connectivity index is 1.86. The third-order valence-corrected chi connectivity index (χ3v) is 5.09. The van der Waals surface area contributed by atoms with Crippen LogP contribution in [0.2, 0.25) is 5.02 Å². The van der Waals surface area contributed by atoms with E-state index in [2.05, 4.69) is 29.8 Å². The fourth-order valence-corrected chi connectivity index (χ4v) is 3.59. The molecule has 0 radical (unpaired) electrons. The quantitative estimate of drug-likeness (QED) is 0.705. The molecule has 1 fully saturated rings. The molecule has 1 aromatic carbocycles. The Kier molecular flexibility index (Phi) is 4.13. The predicted molar refractivity (Wildman–Crippen MR) is 103 cm³/mol. The van der Waals surface area contributed by atoms with Crippen molar-refractivity contribution in [2.75, 3.05) is 38.1 Å². The average molecular weight is 356 g/mol. The zero-order valence-corrected chi connectivity index (χ0v) is 15.6. The number of hydrogen-bond donors (Lipinski definition) is 0. The molecule has 25 heavy (non-hydrogen) atoms. The van der Waals surface area contributed by atoms with E-state index in [9.17, 15) is 0 Å². The number of nitrogens with zero attached hydrogens (tertiary/aromatic N) is 5. The summed E-state index contributed by atoms with van der Waals surface area (Å²) in [6.07, 6.45) is 0. The van der Waals surface area contributed by atoms with Crippen molar-refractivity contribution in [1.82, 2.24) is 19.5 Å². The van der Waals surface area contributed by atoms with Gasteiger partial charge in [-0.15, -0.1) is 0 Å². The largest absolute Gasteiger partial charge is 0.354 e. The number of aromatic nitrogens is 3. The summed E-state index contributed by atoms with van der Waals surface area (Å²) in [5, 5.41) is 5.62. The van der Waals surface area contributed by atoms with E-state index in [1.807, 2.05) is 35.7 Å². The highest BCUT2D eigenvalue weighted by molar-refractivity contribution is 6.30. The molecular formula is C19H22ClN5. The molecule has 0 unspecified atom stereocenters. The van der Waals surface area contributed by atoms with Crippen LogP contribution >= 0.6 is 11.6 Å². The van der Waals surface area contributed by atoms with Crippen LogP contribution in [0.5, 0.6) is 0 Å². The van der Waals surface area contributed by atoms with Crippen LogP contribution in [0.3, 0.4) is 0 Å². The van der Waals surface area contributed by atoms with E-state index in [1.165, 1.54) is 0 Å². The van der Waals surface area contributed by atoms with Gasteiger partial charge in [-0.1, -0.05) is 23.7 Å². The molecule has 130 valence electrons. The van der Waals surface area contributed by atoms with E-state index in [-0.39, 0.29) is 0 Å². The molecule has 0 N–H and O–H groups in total. The lowest BCUT2D eigenvalue weighted by Crippen LogP contribution is -2.45. The topological polar surface area (TPSA) is 36.7 Å². The van der Waals surface area contributed by atoms with E-state index in [0.717, 1.165) is 65.2 Å². The minimum absolute atomic E-state index is 0.720. The number of halogens is 1. The summed E-state index contributed by atoms with van der Waals surface area (Å²) in [6.45, 7) is 8.25. The highest BCUT2D eigenvalue weighted by atomic mass is 35.5. The van der Waals surface area contributed by atoms with Gasteiger partial charge in [0.05, 0.1) is 5.69 Å². The molecule has 0 bridgehead atoms. The molecule has 1 saturated heterocycles. The molecule has 0 amide bonds. The lowest BCUT2D eigenvalue weighted by atomic mass is 10.1. The van der Waals surface area contributed by atoms with Gasteiger partial charge in [-0.25, -0.2) is 4.98 Å². The second kappa shape index (κ2) is 6.32. The molecule has 1 aliphatic rings. The molecule has 1 aliphatic heterocycles. The first-order chi connectivity index (χ1) is 12.0. The van der Waals surface area contributed by atoms with Gasteiger partial charge in [0.2, 0.25) is 0 Å². The second-order valence-electron chi connectivity index (χ2n) is 6.77. The zero-order valence-electron chi connectivity index (χ0n) is 14.8. The number of hydrogen-bond acceptors (Lipinski definition) is 4. The molecule has 5 nitrogen and oxygen atoms in total. The molecular weight excluding hydrogens is 334 g/mol. The summed E-state index contributed by atoms with van der Waals surface area (Å²) in [7, 11) is 2.17. The standard InChI is InChI=1S/C19H22ClN5/c1-13-11-17(24-9-7-23(3)8-10-24)25-19(21-13)14(2)18(22-25)15-5-4-6-16(20)12-15/h4-6,11-12H,7-10H2,1-3H3. The summed E-state index contributed by atoms with van der Waals surface area (Å²) in [6, 6.07) is 9.98. The number of likely N-dealkylation sites (N-methyl/N-ethyl adjacent to an activating group) is 1. The lowest BCUT2D eigenvalue weighted by molar-refractivity contribution is 0.311. The molecule has 0 aliphatic carbocycles. The minimum atomic E-state index is 0.720. The van der Waals surface area contributed by atoms with E-state index in [4.69, 9.17) is 21.7 Å². The van der Waals surface area contributed by atoms with Gasteiger partial charge in [-0.3, -0.25) is 0 Å². The first kappa shape index (κ1) is 16.4. The zero-order chi connectivity index (χ0) is 17.6. The summed E-state index contributed by atoms with van der Waals surface area (Å²) < 4.78 is 1.99. The van der Waals surface area contributed by atoms with E-state index < -0.39 is 0 Å². The number of rotatable bonds is 2. The van der Waals surface area contributed by atoms with Crippen LogP contribution in [-0.2, 0) is 0 Å². The van der Waals surface area contributed by atoms with Crippen LogP contribution in [0.25, 0.3) is 16.9 Å². The van der Waals surface area contributed by atoms with Gasteiger partial charge in [-0.05, 0) is 33.0 Å². The van der Waals surface area contributed by atoms with Gasteiger partial charge in [0, 0.05) is 54.1 Å². The molecule has 0 atom stereocenters. The van der Waals surface area contributed by atoms with Gasteiger partial charge in [0.25, 0.3) is 0 Å². The van der Waals surface area contributed by atoms with Crippen LogP contribution in [0.1, 0.15) is 11.3 Å². The van der Waals surface area contributed by atoms with Gasteiger partial charge < -0.3 is 9.80 Å². The Morgan fingerprint density at radius 2 is 1.80 bits per heavy atom. The van der Waals surface area contributed by atoms with E-state index >= 15 is 0 Å². The van der Waals surface area contributed by atoms with Crippen molar-refractivity contribution in [2.45, 2.75) is 13.8 Å². The Labute approximate surface area is 152 Å². The number of fused-ring (bicyclic) bond motifs is 1. The average Bonchev–Trinajstić information content (AvgIpc) is 2.92. The van der Waals surface area contributed by atoms with Crippen LogP contribution in [0.4, 0.5) is 5.82 Å². The summed E-state index contributed by atoms with van der Waals surface area (Å²) in [5.41, 5.74) is 4.99. The number of benzene rings is 1. The summed E-state index contributed by atoms with van der Waals surface area (Å²) in [5.74, 6) is 1.12. The summed E-state index contributed by atoms with van der Waals surface area (Å²) in [4.78, 5) is 9.50. The van der Waals surface area contributed by atoms with E-state index in [0.29, 0.717) is 0 Å². The first-order valence-corrected chi connectivity index (χ1v) is 8.97. The number of aryl methyl sites for hydroxylation is 2. The van der Waals surface area contributed by atoms with E-state index in [1.54, 1.807) is 0 Å². The van der Waals surface area contributed by atoms with Crippen molar-refractivity contribution >= 4 is 23.1 Å². The highest BCUT2D eigenvalue weighted by Crippen LogP contribution is 2.29. The Bertz CT molecular complexity index is 925. The predicted octanol–water partition coefficient (Wildman–Crippen LogP) is 3.42.